The van der Waals surface area contributed by atoms with Gasteiger partial charge in [-0.2, -0.15) is 0 Å². The predicted molar refractivity (Wildman–Crippen MR) is 152 cm³/mol. The Morgan fingerprint density at radius 3 is 1.91 bits per heavy atom. The van der Waals surface area contributed by atoms with Crippen LogP contribution in [0.4, 0.5) is 0 Å². The Morgan fingerprint density at radius 1 is 0.939 bits per heavy atom. The van der Waals surface area contributed by atoms with Gasteiger partial charge in [0.05, 0.1) is 0 Å². The van der Waals surface area contributed by atoms with Crippen molar-refractivity contribution < 1.29 is 14.6 Å². The molecule has 0 amide bonds. The van der Waals surface area contributed by atoms with Gasteiger partial charge in [0.1, 0.15) is 0 Å². The molecule has 2 rings (SSSR count). The molecule has 1 aromatic rings. The van der Waals surface area contributed by atoms with E-state index in [0.29, 0.717) is 4.58 Å². The van der Waals surface area contributed by atoms with Gasteiger partial charge >= 0.3 is 217 Å². The SMILES string of the molecule is CCC[CH2][Sn]([CH2]CCC)([CH2]CCC)/[C](=C/CO)c1c(OC)ccc(OC)c1C1SCCCS1. The van der Waals surface area contributed by atoms with Crippen LogP contribution in [0.5, 0.6) is 11.5 Å². The average Bonchev–Trinajstić information content (AvgIpc) is 2.87. The van der Waals surface area contributed by atoms with Crippen LogP contribution in [-0.2, 0) is 0 Å². The molecule has 0 bridgehead atoms. The summed E-state index contributed by atoms with van der Waals surface area (Å²) in [5.41, 5.74) is 2.58. The topological polar surface area (TPSA) is 38.7 Å². The van der Waals surface area contributed by atoms with Crippen LogP contribution in [0.25, 0.3) is 3.59 Å². The third-order valence-corrected chi connectivity index (χ3v) is 25.6. The van der Waals surface area contributed by atoms with E-state index in [1.807, 2.05) is 23.5 Å². The Balaban J connectivity index is 2.79. The molecule has 1 aliphatic rings. The molecule has 1 heterocycles. The van der Waals surface area contributed by atoms with Crippen LogP contribution in [0.3, 0.4) is 0 Å². The second-order valence-electron chi connectivity index (χ2n) is 9.08. The Hall–Kier alpha value is 0.0187. The zero-order valence-corrected chi connectivity index (χ0v) is 26.1. The summed E-state index contributed by atoms with van der Waals surface area (Å²) in [6.45, 7) is 7.05. The van der Waals surface area contributed by atoms with Gasteiger partial charge in [-0.1, -0.05) is 0 Å². The van der Waals surface area contributed by atoms with Gasteiger partial charge in [-0.15, -0.1) is 0 Å². The number of benzene rings is 1. The molecule has 1 saturated heterocycles. The summed E-state index contributed by atoms with van der Waals surface area (Å²) in [6.07, 6.45) is 11.0. The standard InChI is InChI=1S/C15H19O3S2.3C4H9.Sn/c1-17-12-6-7-13(18-2)14(11(12)5-3-8-16)15-19-9-4-10-20-15;3*1-3-4-2;/h3,6-7,15-16H,4,8-10H2,1-2H3;3*1,3-4H2,2H3;. The Morgan fingerprint density at radius 2 is 1.45 bits per heavy atom. The number of ether oxygens (including phenoxy) is 2. The number of aliphatic hydroxyl groups is 1. The second-order valence-corrected chi connectivity index (χ2v) is 24.9. The van der Waals surface area contributed by atoms with E-state index >= 15 is 0 Å². The van der Waals surface area contributed by atoms with Gasteiger partial charge in [0.25, 0.3) is 0 Å². The molecular formula is C27H46O3S2Sn. The molecule has 0 saturated carbocycles. The summed E-state index contributed by atoms with van der Waals surface area (Å²) in [6, 6.07) is 4.18. The fourth-order valence-corrected chi connectivity index (χ4v) is 25.1. The first kappa shape index (κ1) is 29.3. The van der Waals surface area contributed by atoms with E-state index in [1.165, 1.54) is 84.5 Å². The molecule has 1 aromatic carbocycles. The molecule has 1 N–H and O–H groups in total. The van der Waals surface area contributed by atoms with E-state index in [9.17, 15) is 5.11 Å². The quantitative estimate of drug-likeness (QED) is 0.205. The van der Waals surface area contributed by atoms with Crippen molar-refractivity contribution in [3.63, 3.8) is 0 Å². The molecule has 0 aromatic heterocycles. The van der Waals surface area contributed by atoms with Crippen LogP contribution in [0.1, 0.15) is 81.4 Å². The molecular weight excluding hydrogens is 555 g/mol. The van der Waals surface area contributed by atoms with Gasteiger partial charge in [-0.25, -0.2) is 0 Å². The van der Waals surface area contributed by atoms with Crippen molar-refractivity contribution in [2.24, 2.45) is 0 Å². The van der Waals surface area contributed by atoms with E-state index in [0.717, 1.165) is 11.5 Å². The van der Waals surface area contributed by atoms with Crippen molar-refractivity contribution in [3.05, 3.63) is 29.3 Å². The normalized spacial score (nSPS) is 15.6. The first-order chi connectivity index (χ1) is 16.1. The van der Waals surface area contributed by atoms with Gasteiger partial charge in [0, 0.05) is 0 Å². The predicted octanol–water partition coefficient (Wildman–Crippen LogP) is 8.34. The number of thioether (sulfide) groups is 2. The minimum atomic E-state index is -2.87. The van der Waals surface area contributed by atoms with Crippen LogP contribution in [-0.4, -0.2) is 55.8 Å². The first-order valence-electron chi connectivity index (χ1n) is 12.9. The van der Waals surface area contributed by atoms with Crippen LogP contribution < -0.4 is 9.47 Å². The Kier molecular flexibility index (Phi) is 14.1. The van der Waals surface area contributed by atoms with Gasteiger partial charge in [0.15, 0.2) is 0 Å². The maximum absolute atomic E-state index is 10.3. The Bertz CT molecular complexity index is 711. The molecule has 3 nitrogen and oxygen atoms in total. The first-order valence-corrected chi connectivity index (χ1v) is 22.5. The summed E-state index contributed by atoms with van der Waals surface area (Å²) in [7, 11) is 3.60. The van der Waals surface area contributed by atoms with Gasteiger partial charge in [0.2, 0.25) is 0 Å². The summed E-state index contributed by atoms with van der Waals surface area (Å²) in [5, 5.41) is 10.3. The van der Waals surface area contributed by atoms with Gasteiger partial charge in [-0.3, -0.25) is 0 Å². The fourth-order valence-electron chi connectivity index (χ4n) is 5.09. The van der Waals surface area contributed by atoms with Gasteiger partial charge < -0.3 is 0 Å². The van der Waals surface area contributed by atoms with E-state index in [-0.39, 0.29) is 6.61 Å². The summed E-state index contributed by atoms with van der Waals surface area (Å²) < 4.78 is 18.0. The van der Waals surface area contributed by atoms with Gasteiger partial charge in [-0.05, 0) is 0 Å². The van der Waals surface area contributed by atoms with Crippen molar-refractivity contribution in [2.45, 2.75) is 83.6 Å². The van der Waals surface area contributed by atoms with Crippen molar-refractivity contribution in [1.82, 2.24) is 0 Å². The molecule has 0 spiro atoms. The van der Waals surface area contributed by atoms with Crippen molar-refractivity contribution in [3.8, 4) is 11.5 Å². The van der Waals surface area contributed by atoms with E-state index < -0.39 is 18.4 Å². The molecule has 0 unspecified atom stereocenters. The Labute approximate surface area is 215 Å². The molecule has 33 heavy (non-hydrogen) atoms. The fraction of sp³-hybridized carbons (Fsp3) is 0.704. The third-order valence-electron chi connectivity index (χ3n) is 6.83. The minimum absolute atomic E-state index is 0.100. The van der Waals surface area contributed by atoms with E-state index in [1.54, 1.807) is 14.2 Å². The molecule has 0 atom stereocenters. The summed E-state index contributed by atoms with van der Waals surface area (Å²) >= 11 is 1.21. The number of hydrogen-bond acceptors (Lipinski definition) is 5. The number of rotatable bonds is 15. The van der Waals surface area contributed by atoms with Crippen molar-refractivity contribution in [2.75, 3.05) is 32.3 Å². The van der Waals surface area contributed by atoms with Crippen LogP contribution >= 0.6 is 23.5 Å². The molecule has 0 radical (unpaired) electrons. The van der Waals surface area contributed by atoms with Crippen molar-refractivity contribution in [1.29, 1.82) is 0 Å². The monoisotopic (exact) mass is 602 g/mol. The zero-order valence-electron chi connectivity index (χ0n) is 21.6. The third kappa shape index (κ3) is 7.75. The van der Waals surface area contributed by atoms with Crippen molar-refractivity contribution >= 4 is 45.5 Å². The van der Waals surface area contributed by atoms with E-state index in [4.69, 9.17) is 9.47 Å². The maximum atomic E-state index is 10.3. The van der Waals surface area contributed by atoms with Crippen LogP contribution in [0.2, 0.25) is 13.3 Å². The molecule has 6 heteroatoms. The van der Waals surface area contributed by atoms with Crippen LogP contribution in [0.15, 0.2) is 18.2 Å². The summed E-state index contributed by atoms with van der Waals surface area (Å²) in [4.78, 5) is 0. The van der Waals surface area contributed by atoms with Crippen LogP contribution in [0, 0.1) is 0 Å². The average molecular weight is 602 g/mol. The zero-order chi connectivity index (χ0) is 24.1. The molecule has 1 fully saturated rings. The number of methoxy groups -OCH3 is 2. The molecule has 0 aliphatic carbocycles. The molecule has 1 aliphatic heterocycles. The number of aliphatic hydroxyl groups excluding tert-OH is 1. The van der Waals surface area contributed by atoms with E-state index in [2.05, 4.69) is 39.0 Å². The second kappa shape index (κ2) is 15.9. The number of hydrogen-bond donors (Lipinski definition) is 1. The molecule has 188 valence electrons. The number of unbranched alkanes of at least 4 members (excludes halogenated alkanes) is 3. The summed E-state index contributed by atoms with van der Waals surface area (Å²) in [5.74, 6) is 4.31.